The molecular formula is C13H24FNO. The second kappa shape index (κ2) is 5.01. The summed E-state index contributed by atoms with van der Waals surface area (Å²) in [5, 5.41) is 10.3. The van der Waals surface area contributed by atoms with E-state index in [-0.39, 0.29) is 6.04 Å². The van der Waals surface area contributed by atoms with E-state index in [9.17, 15) is 9.50 Å². The standard InChI is InChI=1S/C13H24FNO/c1-15(10-13(16)8-4-5-9-13)12-7-3-2-6-11(12)14/h11-12,16H,2-10H2,1H3/t11-,12-/m1/s1. The Labute approximate surface area is 97.8 Å². The number of rotatable bonds is 3. The Kier molecular flexibility index (Phi) is 3.85. The zero-order valence-electron chi connectivity index (χ0n) is 10.3. The van der Waals surface area contributed by atoms with Crippen molar-refractivity contribution in [3.63, 3.8) is 0 Å². The molecule has 2 fully saturated rings. The molecule has 0 unspecified atom stereocenters. The van der Waals surface area contributed by atoms with Gasteiger partial charge >= 0.3 is 0 Å². The van der Waals surface area contributed by atoms with Gasteiger partial charge in [0, 0.05) is 12.6 Å². The van der Waals surface area contributed by atoms with Gasteiger partial charge in [0.15, 0.2) is 0 Å². The van der Waals surface area contributed by atoms with E-state index in [1.54, 1.807) is 0 Å². The molecule has 0 heterocycles. The van der Waals surface area contributed by atoms with Crippen LogP contribution in [0.5, 0.6) is 0 Å². The third kappa shape index (κ3) is 2.75. The van der Waals surface area contributed by atoms with E-state index in [1.165, 1.54) is 0 Å². The summed E-state index contributed by atoms with van der Waals surface area (Å²) in [6, 6.07) is 0.0402. The summed E-state index contributed by atoms with van der Waals surface area (Å²) in [5.41, 5.74) is -0.536. The first-order valence-corrected chi connectivity index (χ1v) is 6.67. The highest BCUT2D eigenvalue weighted by atomic mass is 19.1. The summed E-state index contributed by atoms with van der Waals surface area (Å²) in [6.07, 6.45) is 7.14. The topological polar surface area (TPSA) is 23.5 Å². The highest BCUT2D eigenvalue weighted by molar-refractivity contribution is 4.90. The summed E-state index contributed by atoms with van der Waals surface area (Å²) < 4.78 is 13.8. The van der Waals surface area contributed by atoms with Crippen LogP contribution < -0.4 is 0 Å². The maximum absolute atomic E-state index is 13.8. The fraction of sp³-hybridized carbons (Fsp3) is 1.00. The van der Waals surface area contributed by atoms with Crippen LogP contribution in [-0.4, -0.2) is 41.4 Å². The molecule has 94 valence electrons. The summed E-state index contributed by atoms with van der Waals surface area (Å²) >= 11 is 0. The molecule has 0 spiro atoms. The minimum atomic E-state index is -0.691. The third-order valence-electron chi connectivity index (χ3n) is 4.29. The van der Waals surface area contributed by atoms with Crippen LogP contribution in [0.1, 0.15) is 51.4 Å². The van der Waals surface area contributed by atoms with Crippen LogP contribution in [0.4, 0.5) is 4.39 Å². The van der Waals surface area contributed by atoms with Crippen molar-refractivity contribution in [1.29, 1.82) is 0 Å². The lowest BCUT2D eigenvalue weighted by Crippen LogP contribution is -2.48. The predicted molar refractivity (Wildman–Crippen MR) is 63.2 cm³/mol. The highest BCUT2D eigenvalue weighted by Crippen LogP contribution is 2.32. The smallest absolute Gasteiger partial charge is 0.116 e. The number of hydrogen-bond donors (Lipinski definition) is 1. The van der Waals surface area contributed by atoms with Crippen LogP contribution in [0.2, 0.25) is 0 Å². The van der Waals surface area contributed by atoms with Gasteiger partial charge < -0.3 is 5.11 Å². The Morgan fingerprint density at radius 2 is 1.81 bits per heavy atom. The van der Waals surface area contributed by atoms with Gasteiger partial charge in [-0.25, -0.2) is 4.39 Å². The third-order valence-corrected chi connectivity index (χ3v) is 4.29. The maximum atomic E-state index is 13.8. The number of nitrogens with zero attached hydrogens (tertiary/aromatic N) is 1. The number of alkyl halides is 1. The van der Waals surface area contributed by atoms with Crippen molar-refractivity contribution < 1.29 is 9.50 Å². The van der Waals surface area contributed by atoms with E-state index in [1.807, 2.05) is 7.05 Å². The number of hydrogen-bond acceptors (Lipinski definition) is 2. The molecule has 0 radical (unpaired) electrons. The molecule has 2 atom stereocenters. The zero-order valence-corrected chi connectivity index (χ0v) is 10.3. The van der Waals surface area contributed by atoms with E-state index in [0.717, 1.165) is 44.9 Å². The van der Waals surface area contributed by atoms with Gasteiger partial charge in [0.2, 0.25) is 0 Å². The first-order chi connectivity index (χ1) is 7.61. The van der Waals surface area contributed by atoms with E-state index >= 15 is 0 Å². The molecular weight excluding hydrogens is 205 g/mol. The van der Waals surface area contributed by atoms with Crippen LogP contribution >= 0.6 is 0 Å². The fourth-order valence-corrected chi connectivity index (χ4v) is 3.34. The molecule has 2 nitrogen and oxygen atoms in total. The van der Waals surface area contributed by atoms with Gasteiger partial charge in [0.1, 0.15) is 6.17 Å². The van der Waals surface area contributed by atoms with Crippen molar-refractivity contribution >= 4 is 0 Å². The van der Waals surface area contributed by atoms with Gasteiger partial charge in [0.05, 0.1) is 5.60 Å². The molecule has 1 N–H and O–H groups in total. The van der Waals surface area contributed by atoms with E-state index in [4.69, 9.17) is 0 Å². The van der Waals surface area contributed by atoms with Crippen LogP contribution in [0.15, 0.2) is 0 Å². The quantitative estimate of drug-likeness (QED) is 0.803. The maximum Gasteiger partial charge on any atom is 0.116 e. The number of aliphatic hydroxyl groups is 1. The van der Waals surface area contributed by atoms with Crippen LogP contribution in [0.3, 0.4) is 0 Å². The number of halogens is 1. The molecule has 2 rings (SSSR count). The normalized spacial score (nSPS) is 34.5. The average Bonchev–Trinajstić information content (AvgIpc) is 2.65. The Morgan fingerprint density at radius 1 is 1.19 bits per heavy atom. The SMILES string of the molecule is CN(CC1(O)CCCC1)[C@@H]1CCCC[C@H]1F. The van der Waals surface area contributed by atoms with Crippen molar-refractivity contribution in [2.24, 2.45) is 0 Å². The number of likely N-dealkylation sites (N-methyl/N-ethyl adjacent to an activating group) is 1. The molecule has 0 saturated heterocycles. The minimum absolute atomic E-state index is 0.0402. The van der Waals surface area contributed by atoms with Crippen molar-refractivity contribution in [2.45, 2.75) is 69.2 Å². The van der Waals surface area contributed by atoms with Crippen molar-refractivity contribution in [3.8, 4) is 0 Å². The zero-order chi connectivity index (χ0) is 11.6. The molecule has 2 saturated carbocycles. The van der Waals surface area contributed by atoms with Crippen LogP contribution in [-0.2, 0) is 0 Å². The largest absolute Gasteiger partial charge is 0.389 e. The van der Waals surface area contributed by atoms with E-state index < -0.39 is 11.8 Å². The predicted octanol–water partition coefficient (Wildman–Crippen LogP) is 2.50. The Morgan fingerprint density at radius 3 is 2.44 bits per heavy atom. The summed E-state index contributed by atoms with van der Waals surface area (Å²) in [7, 11) is 1.97. The molecule has 16 heavy (non-hydrogen) atoms. The lowest BCUT2D eigenvalue weighted by atomic mass is 9.91. The second-order valence-corrected chi connectivity index (χ2v) is 5.71. The van der Waals surface area contributed by atoms with E-state index in [0.29, 0.717) is 13.0 Å². The van der Waals surface area contributed by atoms with E-state index in [2.05, 4.69) is 4.90 Å². The highest BCUT2D eigenvalue weighted by Gasteiger charge is 2.36. The monoisotopic (exact) mass is 229 g/mol. The fourth-order valence-electron chi connectivity index (χ4n) is 3.34. The molecule has 0 bridgehead atoms. The van der Waals surface area contributed by atoms with Gasteiger partial charge in [0.25, 0.3) is 0 Å². The second-order valence-electron chi connectivity index (χ2n) is 5.71. The molecule has 2 aliphatic rings. The molecule has 0 amide bonds. The summed E-state index contributed by atoms with van der Waals surface area (Å²) in [5.74, 6) is 0. The Bertz CT molecular complexity index is 228. The lowest BCUT2D eigenvalue weighted by Gasteiger charge is -2.37. The van der Waals surface area contributed by atoms with Crippen molar-refractivity contribution in [3.05, 3.63) is 0 Å². The molecule has 0 aromatic heterocycles. The lowest BCUT2D eigenvalue weighted by molar-refractivity contribution is -0.0131. The minimum Gasteiger partial charge on any atom is -0.389 e. The summed E-state index contributed by atoms with van der Waals surface area (Å²) in [4.78, 5) is 2.06. The van der Waals surface area contributed by atoms with Gasteiger partial charge in [-0.05, 0) is 32.7 Å². The molecule has 2 aliphatic carbocycles. The molecule has 3 heteroatoms. The van der Waals surface area contributed by atoms with Gasteiger partial charge in [-0.2, -0.15) is 0 Å². The van der Waals surface area contributed by atoms with Gasteiger partial charge in [-0.3, -0.25) is 4.90 Å². The molecule has 0 aromatic carbocycles. The molecule has 0 aliphatic heterocycles. The van der Waals surface area contributed by atoms with Crippen LogP contribution in [0.25, 0.3) is 0 Å². The summed E-state index contributed by atoms with van der Waals surface area (Å²) in [6.45, 7) is 0.651. The van der Waals surface area contributed by atoms with Crippen molar-refractivity contribution in [1.82, 2.24) is 4.90 Å². The first-order valence-electron chi connectivity index (χ1n) is 6.67. The average molecular weight is 229 g/mol. The van der Waals surface area contributed by atoms with Gasteiger partial charge in [-0.1, -0.05) is 25.7 Å². The Hall–Kier alpha value is -0.150. The molecule has 0 aromatic rings. The van der Waals surface area contributed by atoms with Crippen LogP contribution in [0, 0.1) is 0 Å². The Balaban J connectivity index is 1.88. The van der Waals surface area contributed by atoms with Crippen molar-refractivity contribution in [2.75, 3.05) is 13.6 Å². The first kappa shape index (κ1) is 12.3. The van der Waals surface area contributed by atoms with Gasteiger partial charge in [-0.15, -0.1) is 0 Å².